The second-order valence-corrected chi connectivity index (χ2v) is 10.4. The van der Waals surface area contributed by atoms with Gasteiger partial charge in [-0.25, -0.2) is 13.2 Å². The number of para-hydroxylation sites is 1. The van der Waals surface area contributed by atoms with E-state index in [4.69, 9.17) is 16.3 Å². The predicted molar refractivity (Wildman–Crippen MR) is 147 cm³/mol. The van der Waals surface area contributed by atoms with Crippen LogP contribution in [0.5, 0.6) is 0 Å². The Kier molecular flexibility index (Phi) is 9.27. The summed E-state index contributed by atoms with van der Waals surface area (Å²) >= 11 is 6.23. The number of nitrogens with one attached hydrogen (secondary N) is 2. The van der Waals surface area contributed by atoms with Crippen LogP contribution in [0.1, 0.15) is 24.2 Å². The van der Waals surface area contributed by atoms with E-state index in [1.807, 2.05) is 0 Å². The van der Waals surface area contributed by atoms with Crippen LogP contribution < -0.4 is 14.9 Å². The fourth-order valence-electron chi connectivity index (χ4n) is 3.37. The smallest absolute Gasteiger partial charge is 0.338 e. The number of anilines is 3. The van der Waals surface area contributed by atoms with Crippen LogP contribution >= 0.6 is 11.6 Å². The van der Waals surface area contributed by atoms with E-state index in [0.29, 0.717) is 11.4 Å². The van der Waals surface area contributed by atoms with Crippen LogP contribution in [-0.4, -0.2) is 38.9 Å². The number of nitrogens with zero attached hydrogens (tertiary/aromatic N) is 1. The lowest BCUT2D eigenvalue weighted by atomic mass is 10.2. The summed E-state index contributed by atoms with van der Waals surface area (Å²) in [5, 5.41) is 5.46. The molecule has 3 aromatic carbocycles. The van der Waals surface area contributed by atoms with Crippen LogP contribution in [0.3, 0.4) is 0 Å². The molecule has 0 aliphatic heterocycles. The Bertz CT molecular complexity index is 1460. The van der Waals surface area contributed by atoms with Gasteiger partial charge in [0.05, 0.1) is 27.7 Å². The third-order valence-electron chi connectivity index (χ3n) is 5.20. The summed E-state index contributed by atoms with van der Waals surface area (Å²) in [7, 11) is -4.13. The van der Waals surface area contributed by atoms with Gasteiger partial charge in [0.15, 0.2) is 6.10 Å². The summed E-state index contributed by atoms with van der Waals surface area (Å²) in [5.41, 5.74) is 1.20. The van der Waals surface area contributed by atoms with Gasteiger partial charge in [-0.15, -0.1) is 6.58 Å². The molecule has 3 rings (SSSR count). The highest BCUT2D eigenvalue weighted by Crippen LogP contribution is 2.30. The fraction of sp³-hybridized carbons (Fsp3) is 0.148. The monoisotopic (exact) mass is 555 g/mol. The molecule has 0 bridgehead atoms. The first-order chi connectivity index (χ1) is 18.0. The minimum atomic E-state index is -4.13. The molecule has 0 aliphatic carbocycles. The van der Waals surface area contributed by atoms with Crippen molar-refractivity contribution >= 4 is 56.5 Å². The molecule has 0 fully saturated rings. The maximum Gasteiger partial charge on any atom is 0.338 e. The van der Waals surface area contributed by atoms with E-state index >= 15 is 0 Å². The van der Waals surface area contributed by atoms with Gasteiger partial charge in [0.1, 0.15) is 0 Å². The summed E-state index contributed by atoms with van der Waals surface area (Å²) in [5.74, 6) is -1.69. The summed E-state index contributed by atoms with van der Waals surface area (Å²) in [6.45, 7) is 6.35. The fourth-order valence-corrected chi connectivity index (χ4v) is 5.16. The zero-order chi connectivity index (χ0) is 27.9. The van der Waals surface area contributed by atoms with Crippen LogP contribution in [0.2, 0.25) is 5.02 Å². The number of halogens is 1. The SMILES string of the molecule is C=CCN(c1ccccc1Cl)S(=O)(=O)c1cccc(C(=O)O[C@@H](C)C(=O)Nc2ccc(NC(C)=O)cc2)c1. The standard InChI is InChI=1S/C27H26ClN3O6S/c1-4-16-31(25-11-6-5-10-24(25)28)38(35,36)23-9-7-8-20(17-23)27(34)37-18(2)26(33)30-22-14-12-21(13-15-22)29-19(3)32/h4-15,17-18H,1,16H2,2-3H3,(H,29,32)(H,30,33)/t18-/m0/s1. The lowest BCUT2D eigenvalue weighted by Gasteiger charge is -2.24. The van der Waals surface area contributed by atoms with Crippen molar-refractivity contribution in [3.8, 4) is 0 Å². The van der Waals surface area contributed by atoms with E-state index in [1.54, 1.807) is 48.5 Å². The lowest BCUT2D eigenvalue weighted by Crippen LogP contribution is -2.32. The molecule has 2 amide bonds. The second-order valence-electron chi connectivity index (χ2n) is 8.10. The maximum atomic E-state index is 13.4. The number of hydrogen-bond acceptors (Lipinski definition) is 6. The van der Waals surface area contributed by atoms with Crippen molar-refractivity contribution < 1.29 is 27.5 Å². The molecule has 198 valence electrons. The van der Waals surface area contributed by atoms with Crippen molar-refractivity contribution in [2.24, 2.45) is 0 Å². The van der Waals surface area contributed by atoms with Crippen LogP contribution in [0.4, 0.5) is 17.1 Å². The van der Waals surface area contributed by atoms with Crippen molar-refractivity contribution in [2.45, 2.75) is 24.8 Å². The first kappa shape index (κ1) is 28.4. The lowest BCUT2D eigenvalue weighted by molar-refractivity contribution is -0.123. The number of amides is 2. The van der Waals surface area contributed by atoms with Crippen molar-refractivity contribution in [3.63, 3.8) is 0 Å². The summed E-state index contributed by atoms with van der Waals surface area (Å²) in [6, 6.07) is 18.2. The van der Waals surface area contributed by atoms with E-state index in [9.17, 15) is 22.8 Å². The van der Waals surface area contributed by atoms with Gasteiger partial charge >= 0.3 is 5.97 Å². The van der Waals surface area contributed by atoms with Gasteiger partial charge in [0.2, 0.25) is 5.91 Å². The molecule has 3 aromatic rings. The Morgan fingerprint density at radius 3 is 2.24 bits per heavy atom. The highest BCUT2D eigenvalue weighted by molar-refractivity contribution is 7.92. The Balaban J connectivity index is 1.74. The van der Waals surface area contributed by atoms with Crippen LogP contribution in [0.25, 0.3) is 0 Å². The van der Waals surface area contributed by atoms with E-state index in [-0.39, 0.29) is 33.6 Å². The minimum absolute atomic E-state index is 0.0518. The number of esters is 1. The summed E-state index contributed by atoms with van der Waals surface area (Å²) in [4.78, 5) is 36.3. The summed E-state index contributed by atoms with van der Waals surface area (Å²) in [6.07, 6.45) is 0.241. The van der Waals surface area contributed by atoms with E-state index in [0.717, 1.165) is 4.31 Å². The second kappa shape index (κ2) is 12.4. The van der Waals surface area contributed by atoms with Gasteiger partial charge in [0, 0.05) is 18.3 Å². The quantitative estimate of drug-likeness (QED) is 0.272. The molecule has 2 N–H and O–H groups in total. The molecule has 0 aliphatic rings. The third-order valence-corrected chi connectivity index (χ3v) is 7.29. The minimum Gasteiger partial charge on any atom is -0.449 e. The normalized spacial score (nSPS) is 11.7. The van der Waals surface area contributed by atoms with Gasteiger partial charge in [-0.1, -0.05) is 35.9 Å². The Labute approximate surface area is 226 Å². The number of benzene rings is 3. The van der Waals surface area contributed by atoms with Crippen molar-refractivity contribution in [2.75, 3.05) is 21.5 Å². The highest BCUT2D eigenvalue weighted by atomic mass is 35.5. The number of carbonyl (C=O) groups excluding carboxylic acids is 3. The number of carbonyl (C=O) groups is 3. The van der Waals surface area contributed by atoms with Crippen LogP contribution in [0.15, 0.2) is 90.3 Å². The molecule has 0 aromatic heterocycles. The molecule has 0 saturated heterocycles. The van der Waals surface area contributed by atoms with E-state index in [2.05, 4.69) is 17.2 Å². The zero-order valence-electron chi connectivity index (χ0n) is 20.7. The van der Waals surface area contributed by atoms with E-state index in [1.165, 1.54) is 44.2 Å². The third kappa shape index (κ3) is 6.99. The Morgan fingerprint density at radius 1 is 1.00 bits per heavy atom. The largest absolute Gasteiger partial charge is 0.449 e. The molecule has 0 unspecified atom stereocenters. The predicted octanol–water partition coefficient (Wildman–Crippen LogP) is 4.86. The Morgan fingerprint density at radius 2 is 1.63 bits per heavy atom. The van der Waals surface area contributed by atoms with Crippen LogP contribution in [0, 0.1) is 0 Å². The molecule has 0 saturated carbocycles. The first-order valence-electron chi connectivity index (χ1n) is 11.4. The molecule has 0 radical (unpaired) electrons. The zero-order valence-corrected chi connectivity index (χ0v) is 22.3. The molecular weight excluding hydrogens is 530 g/mol. The average molecular weight is 556 g/mol. The molecule has 11 heteroatoms. The number of sulfonamides is 1. The molecular formula is C27H26ClN3O6S. The van der Waals surface area contributed by atoms with Crippen molar-refractivity contribution in [1.82, 2.24) is 0 Å². The first-order valence-corrected chi connectivity index (χ1v) is 13.2. The highest BCUT2D eigenvalue weighted by Gasteiger charge is 2.27. The average Bonchev–Trinajstić information content (AvgIpc) is 2.88. The summed E-state index contributed by atoms with van der Waals surface area (Å²) < 4.78 is 33.2. The molecule has 0 spiro atoms. The van der Waals surface area contributed by atoms with Crippen molar-refractivity contribution in [3.05, 3.63) is 96.0 Å². The number of rotatable bonds is 10. The Hall–Kier alpha value is -4.15. The van der Waals surface area contributed by atoms with E-state index < -0.39 is 28.0 Å². The van der Waals surface area contributed by atoms with Gasteiger partial charge in [-0.3, -0.25) is 13.9 Å². The van der Waals surface area contributed by atoms with Crippen LogP contribution in [-0.2, 0) is 24.3 Å². The van der Waals surface area contributed by atoms with Gasteiger partial charge in [0.25, 0.3) is 15.9 Å². The molecule has 9 nitrogen and oxygen atoms in total. The molecule has 38 heavy (non-hydrogen) atoms. The van der Waals surface area contributed by atoms with Gasteiger partial charge < -0.3 is 15.4 Å². The van der Waals surface area contributed by atoms with Crippen molar-refractivity contribution in [1.29, 1.82) is 0 Å². The van der Waals surface area contributed by atoms with Gasteiger partial charge in [-0.2, -0.15) is 0 Å². The number of ether oxygens (including phenoxy) is 1. The molecule has 1 atom stereocenters. The van der Waals surface area contributed by atoms with Gasteiger partial charge in [-0.05, 0) is 61.5 Å². The number of hydrogen-bond donors (Lipinski definition) is 2. The maximum absolute atomic E-state index is 13.4. The molecule has 0 heterocycles. The topological polar surface area (TPSA) is 122 Å².